The summed E-state index contributed by atoms with van der Waals surface area (Å²) < 4.78 is 5.19. The Bertz CT molecular complexity index is 754. The van der Waals surface area contributed by atoms with Crippen molar-refractivity contribution in [3.63, 3.8) is 0 Å². The Kier molecular flexibility index (Phi) is 4.58. The first-order valence-corrected chi connectivity index (χ1v) is 7.09. The van der Waals surface area contributed by atoms with E-state index < -0.39 is 17.1 Å². The lowest BCUT2D eigenvalue weighted by molar-refractivity contribution is 0.0894. The molecule has 1 amide bonds. The monoisotopic (exact) mass is 322 g/mol. The Hall–Kier alpha value is -1.85. The van der Waals surface area contributed by atoms with Gasteiger partial charge in [-0.05, 0) is 37.8 Å². The second-order valence-corrected chi connectivity index (χ2v) is 5.84. The number of hydrogen-bond acceptors (Lipinski definition) is 4. The number of carbonyl (C=O) groups is 1. The van der Waals surface area contributed by atoms with Crippen molar-refractivity contribution < 1.29 is 9.21 Å². The van der Waals surface area contributed by atoms with Gasteiger partial charge in [0.25, 0.3) is 5.91 Å². The highest BCUT2D eigenvalue weighted by molar-refractivity contribution is 5.97. The van der Waals surface area contributed by atoms with Gasteiger partial charge in [-0.2, -0.15) is 0 Å². The fourth-order valence-electron chi connectivity index (χ4n) is 2.59. The minimum Gasteiger partial charge on any atom is -0.422 e. The quantitative estimate of drug-likeness (QED) is 0.844. The maximum absolute atomic E-state index is 12.4. The fraction of sp³-hybridized carbons (Fsp3) is 0.375. The lowest BCUT2D eigenvalue weighted by Crippen LogP contribution is -2.53. The maximum Gasteiger partial charge on any atom is 0.349 e. The van der Waals surface area contributed by atoms with E-state index in [1.54, 1.807) is 24.3 Å². The van der Waals surface area contributed by atoms with Crippen LogP contribution in [0.3, 0.4) is 0 Å². The zero-order valence-corrected chi connectivity index (χ0v) is 13.1. The summed E-state index contributed by atoms with van der Waals surface area (Å²) in [5.41, 5.74) is 5.20. The zero-order chi connectivity index (χ0) is 15.0. The smallest absolute Gasteiger partial charge is 0.349 e. The van der Waals surface area contributed by atoms with E-state index in [-0.39, 0.29) is 18.0 Å². The van der Waals surface area contributed by atoms with Gasteiger partial charge in [-0.25, -0.2) is 4.79 Å². The van der Waals surface area contributed by atoms with Crippen LogP contribution in [0.1, 0.15) is 30.1 Å². The summed E-state index contributed by atoms with van der Waals surface area (Å²) in [4.78, 5) is 24.4. The molecule has 0 radical (unpaired) electrons. The summed E-state index contributed by atoms with van der Waals surface area (Å²) in [5, 5.41) is 3.63. The summed E-state index contributed by atoms with van der Waals surface area (Å²) >= 11 is 0. The molecule has 22 heavy (non-hydrogen) atoms. The van der Waals surface area contributed by atoms with E-state index in [4.69, 9.17) is 10.2 Å². The normalized spacial score (nSPS) is 16.6. The van der Waals surface area contributed by atoms with Gasteiger partial charge in [-0.15, -0.1) is 12.4 Å². The fourth-order valence-corrected chi connectivity index (χ4v) is 2.59. The second-order valence-electron chi connectivity index (χ2n) is 5.84. The van der Waals surface area contributed by atoms with E-state index in [0.29, 0.717) is 18.0 Å². The predicted molar refractivity (Wildman–Crippen MR) is 87.4 cm³/mol. The summed E-state index contributed by atoms with van der Waals surface area (Å²) in [6, 6.07) is 8.69. The average Bonchev–Trinajstić information content (AvgIpc) is 3.31. The molecule has 1 fully saturated rings. The molecule has 6 heteroatoms. The third-order valence-electron chi connectivity index (χ3n) is 4.19. The van der Waals surface area contributed by atoms with E-state index >= 15 is 0 Å². The minimum atomic E-state index is -0.624. The van der Waals surface area contributed by atoms with Crippen molar-refractivity contribution in [1.29, 1.82) is 0 Å². The number of benzene rings is 1. The highest BCUT2D eigenvalue weighted by atomic mass is 35.5. The SMILES string of the molecule is CC(CN)(NC(=O)c1cc2ccccc2oc1=O)C1CC1.Cl. The summed E-state index contributed by atoms with van der Waals surface area (Å²) in [6.07, 6.45) is 2.11. The third kappa shape index (κ3) is 3.00. The summed E-state index contributed by atoms with van der Waals surface area (Å²) in [5.74, 6) is -0.0340. The number of carbonyl (C=O) groups excluding carboxylic acids is 1. The number of nitrogens with one attached hydrogen (secondary N) is 1. The Morgan fingerprint density at radius 3 is 2.73 bits per heavy atom. The van der Waals surface area contributed by atoms with Crippen LogP contribution in [0.2, 0.25) is 0 Å². The van der Waals surface area contributed by atoms with Gasteiger partial charge in [-0.1, -0.05) is 18.2 Å². The molecule has 1 heterocycles. The molecule has 1 aromatic carbocycles. The molecule has 1 atom stereocenters. The number of fused-ring (bicyclic) bond motifs is 1. The molecular weight excluding hydrogens is 304 g/mol. The van der Waals surface area contributed by atoms with Crippen LogP contribution in [0, 0.1) is 5.92 Å². The molecule has 1 aromatic heterocycles. The van der Waals surface area contributed by atoms with Crippen LogP contribution in [0.15, 0.2) is 39.5 Å². The van der Waals surface area contributed by atoms with Crippen molar-refractivity contribution in [2.45, 2.75) is 25.3 Å². The molecule has 0 bridgehead atoms. The Morgan fingerprint density at radius 2 is 2.09 bits per heavy atom. The lowest BCUT2D eigenvalue weighted by atomic mass is 9.95. The van der Waals surface area contributed by atoms with Crippen molar-refractivity contribution in [2.75, 3.05) is 6.54 Å². The number of halogens is 1. The van der Waals surface area contributed by atoms with E-state index in [0.717, 1.165) is 18.2 Å². The van der Waals surface area contributed by atoms with Crippen molar-refractivity contribution in [3.8, 4) is 0 Å². The van der Waals surface area contributed by atoms with Crippen molar-refractivity contribution in [2.24, 2.45) is 11.7 Å². The minimum absolute atomic E-state index is 0. The lowest BCUT2D eigenvalue weighted by Gasteiger charge is -2.29. The molecular formula is C16H19ClN2O3. The largest absolute Gasteiger partial charge is 0.422 e. The first-order valence-electron chi connectivity index (χ1n) is 7.09. The van der Waals surface area contributed by atoms with E-state index in [1.165, 1.54) is 0 Å². The van der Waals surface area contributed by atoms with Crippen molar-refractivity contribution in [1.82, 2.24) is 5.32 Å². The Labute approximate surface area is 134 Å². The first-order chi connectivity index (χ1) is 10.0. The van der Waals surface area contributed by atoms with Gasteiger partial charge in [-0.3, -0.25) is 4.79 Å². The molecule has 1 aliphatic rings. The van der Waals surface area contributed by atoms with Crippen LogP contribution < -0.4 is 16.7 Å². The molecule has 3 rings (SSSR count). The molecule has 1 aliphatic carbocycles. The highest BCUT2D eigenvalue weighted by Crippen LogP contribution is 2.39. The highest BCUT2D eigenvalue weighted by Gasteiger charge is 2.42. The molecule has 2 aromatic rings. The van der Waals surface area contributed by atoms with Crippen LogP contribution in [0.5, 0.6) is 0 Å². The number of nitrogens with two attached hydrogens (primary N) is 1. The van der Waals surface area contributed by atoms with Crippen LogP contribution in [-0.4, -0.2) is 18.0 Å². The van der Waals surface area contributed by atoms with Crippen molar-refractivity contribution in [3.05, 3.63) is 46.3 Å². The topological polar surface area (TPSA) is 85.3 Å². The molecule has 1 saturated carbocycles. The van der Waals surface area contributed by atoms with Gasteiger partial charge < -0.3 is 15.5 Å². The second kappa shape index (κ2) is 6.10. The van der Waals surface area contributed by atoms with Crippen LogP contribution in [-0.2, 0) is 0 Å². The summed E-state index contributed by atoms with van der Waals surface area (Å²) in [7, 11) is 0. The molecule has 118 valence electrons. The van der Waals surface area contributed by atoms with Gasteiger partial charge in [0.15, 0.2) is 0 Å². The first kappa shape index (κ1) is 16.5. The van der Waals surface area contributed by atoms with Crippen LogP contribution in [0.25, 0.3) is 11.0 Å². The Balaban J connectivity index is 0.00000176. The van der Waals surface area contributed by atoms with Gasteiger partial charge in [0.2, 0.25) is 0 Å². The van der Waals surface area contributed by atoms with Gasteiger partial charge in [0.05, 0.1) is 5.54 Å². The molecule has 1 unspecified atom stereocenters. The molecule has 0 aliphatic heterocycles. The summed E-state index contributed by atoms with van der Waals surface area (Å²) in [6.45, 7) is 2.27. The van der Waals surface area contributed by atoms with Gasteiger partial charge >= 0.3 is 5.63 Å². The molecule has 0 spiro atoms. The molecule has 5 nitrogen and oxygen atoms in total. The maximum atomic E-state index is 12.4. The predicted octanol–water partition coefficient (Wildman–Crippen LogP) is 2.07. The van der Waals surface area contributed by atoms with Crippen LogP contribution >= 0.6 is 12.4 Å². The van der Waals surface area contributed by atoms with Gasteiger partial charge in [0.1, 0.15) is 11.1 Å². The molecule has 0 saturated heterocycles. The number of rotatable bonds is 4. The zero-order valence-electron chi connectivity index (χ0n) is 12.3. The van der Waals surface area contributed by atoms with Crippen molar-refractivity contribution >= 4 is 29.3 Å². The van der Waals surface area contributed by atoms with E-state index in [9.17, 15) is 9.59 Å². The number of amides is 1. The third-order valence-corrected chi connectivity index (χ3v) is 4.19. The van der Waals surface area contributed by atoms with E-state index in [2.05, 4.69) is 5.32 Å². The number of para-hydroxylation sites is 1. The average molecular weight is 323 g/mol. The Morgan fingerprint density at radius 1 is 1.41 bits per heavy atom. The van der Waals surface area contributed by atoms with E-state index in [1.807, 2.05) is 13.0 Å². The standard InChI is InChI=1S/C16H18N2O3.ClH/c1-16(9-17,11-6-7-11)18-14(19)12-8-10-4-2-3-5-13(10)21-15(12)20;/h2-5,8,11H,6-7,9,17H2,1H3,(H,18,19);1H. The van der Waals surface area contributed by atoms with Crippen LogP contribution in [0.4, 0.5) is 0 Å². The van der Waals surface area contributed by atoms with Gasteiger partial charge in [0, 0.05) is 11.9 Å². The molecule has 3 N–H and O–H groups in total. The number of hydrogen-bond donors (Lipinski definition) is 2.